The van der Waals surface area contributed by atoms with Gasteiger partial charge < -0.3 is 10.4 Å². The van der Waals surface area contributed by atoms with Crippen molar-refractivity contribution in [3.8, 4) is 0 Å². The van der Waals surface area contributed by atoms with Crippen LogP contribution in [0.5, 0.6) is 0 Å². The molecule has 22 heavy (non-hydrogen) atoms. The minimum Gasteiger partial charge on any atom is -0.393 e. The number of nitrogens with zero attached hydrogens (tertiary/aromatic N) is 2. The van der Waals surface area contributed by atoms with E-state index in [4.69, 9.17) is 11.6 Å². The van der Waals surface area contributed by atoms with Crippen molar-refractivity contribution in [3.05, 3.63) is 52.8 Å². The first-order valence-corrected chi connectivity index (χ1v) is 7.64. The fraction of sp³-hybridized carbons (Fsp3) is 0.375. The van der Waals surface area contributed by atoms with Crippen LogP contribution in [0.4, 0.5) is 0 Å². The largest absolute Gasteiger partial charge is 0.393 e. The molecule has 5 nitrogen and oxygen atoms in total. The molecule has 0 radical (unpaired) electrons. The Labute approximate surface area is 133 Å². The lowest BCUT2D eigenvalue weighted by Gasteiger charge is -2.37. The lowest BCUT2D eigenvalue weighted by Crippen LogP contribution is -2.41. The van der Waals surface area contributed by atoms with E-state index < -0.39 is 0 Å². The summed E-state index contributed by atoms with van der Waals surface area (Å²) in [5.74, 6) is 0.0855. The van der Waals surface area contributed by atoms with E-state index in [2.05, 4.69) is 10.4 Å². The van der Waals surface area contributed by atoms with Gasteiger partial charge in [0.2, 0.25) is 0 Å². The number of aliphatic hydroxyl groups excluding tert-OH is 1. The molecule has 0 aliphatic heterocycles. The number of nitrogens with one attached hydrogen (secondary N) is 1. The van der Waals surface area contributed by atoms with E-state index in [-0.39, 0.29) is 24.0 Å². The van der Waals surface area contributed by atoms with E-state index in [0.29, 0.717) is 23.4 Å². The minimum absolute atomic E-state index is 0.139. The highest BCUT2D eigenvalue weighted by Crippen LogP contribution is 2.38. The van der Waals surface area contributed by atoms with Gasteiger partial charge in [0.05, 0.1) is 18.3 Å². The molecule has 0 saturated heterocycles. The monoisotopic (exact) mass is 319 g/mol. The van der Waals surface area contributed by atoms with Crippen molar-refractivity contribution in [2.45, 2.75) is 25.0 Å². The summed E-state index contributed by atoms with van der Waals surface area (Å²) in [5, 5.41) is 17.4. The molecule has 1 fully saturated rings. The Kier molecular flexibility index (Phi) is 4.18. The van der Waals surface area contributed by atoms with Crippen molar-refractivity contribution in [2.75, 3.05) is 0 Å². The number of benzene rings is 1. The summed E-state index contributed by atoms with van der Waals surface area (Å²) >= 11 is 5.85. The predicted molar refractivity (Wildman–Crippen MR) is 83.6 cm³/mol. The predicted octanol–water partition coefficient (Wildman–Crippen LogP) is 2.32. The molecule has 0 unspecified atom stereocenters. The number of hydrogen-bond acceptors (Lipinski definition) is 3. The molecule has 0 bridgehead atoms. The van der Waals surface area contributed by atoms with Gasteiger partial charge in [0.25, 0.3) is 5.91 Å². The van der Waals surface area contributed by atoms with Gasteiger partial charge in [-0.25, -0.2) is 0 Å². The Hall–Kier alpha value is -1.85. The standard InChI is InChI=1S/C16H18ClN3O2/c1-20-9-12(8-18-20)15(11-6-14(21)7-11)19-16(22)10-2-4-13(17)5-3-10/h2-5,8-9,11,14-15,21H,6-7H2,1H3,(H,19,22)/t11?,14?,15-/m0/s1. The molecule has 0 spiro atoms. The van der Waals surface area contributed by atoms with E-state index in [0.717, 1.165) is 5.56 Å². The first-order valence-electron chi connectivity index (χ1n) is 7.26. The number of rotatable bonds is 4. The highest BCUT2D eigenvalue weighted by molar-refractivity contribution is 6.30. The van der Waals surface area contributed by atoms with Crippen LogP contribution in [0.2, 0.25) is 5.02 Å². The van der Waals surface area contributed by atoms with Crippen molar-refractivity contribution in [1.82, 2.24) is 15.1 Å². The molecule has 1 saturated carbocycles. The molecule has 6 heteroatoms. The lowest BCUT2D eigenvalue weighted by molar-refractivity contribution is 0.0235. The number of aliphatic hydroxyl groups is 1. The first kappa shape index (κ1) is 15.1. The Morgan fingerprint density at radius 2 is 2.09 bits per heavy atom. The number of hydrogen-bond donors (Lipinski definition) is 2. The Bertz CT molecular complexity index is 662. The average molecular weight is 320 g/mol. The zero-order chi connectivity index (χ0) is 15.7. The van der Waals surface area contributed by atoms with E-state index in [1.54, 1.807) is 35.1 Å². The van der Waals surface area contributed by atoms with Crippen molar-refractivity contribution in [1.29, 1.82) is 0 Å². The molecule has 116 valence electrons. The molecular weight excluding hydrogens is 302 g/mol. The summed E-state index contributed by atoms with van der Waals surface area (Å²) in [6, 6.07) is 6.66. The van der Waals surface area contributed by atoms with Crippen LogP contribution in [-0.4, -0.2) is 26.9 Å². The topological polar surface area (TPSA) is 67.2 Å². The summed E-state index contributed by atoms with van der Waals surface area (Å²) in [6.45, 7) is 0. The van der Waals surface area contributed by atoms with E-state index in [9.17, 15) is 9.90 Å². The second kappa shape index (κ2) is 6.10. The van der Waals surface area contributed by atoms with E-state index in [1.807, 2.05) is 13.2 Å². The number of amides is 1. The van der Waals surface area contributed by atoms with Gasteiger partial charge in [0, 0.05) is 29.4 Å². The van der Waals surface area contributed by atoms with Gasteiger partial charge in [-0.05, 0) is 43.0 Å². The smallest absolute Gasteiger partial charge is 0.251 e. The summed E-state index contributed by atoms with van der Waals surface area (Å²) in [7, 11) is 1.84. The fourth-order valence-corrected chi connectivity index (χ4v) is 2.93. The molecule has 3 rings (SSSR count). The van der Waals surface area contributed by atoms with Gasteiger partial charge in [0.1, 0.15) is 0 Å². The quantitative estimate of drug-likeness (QED) is 0.908. The van der Waals surface area contributed by atoms with Crippen LogP contribution >= 0.6 is 11.6 Å². The van der Waals surface area contributed by atoms with Gasteiger partial charge in [-0.15, -0.1) is 0 Å². The SMILES string of the molecule is Cn1cc([C@@H](NC(=O)c2ccc(Cl)cc2)C2CC(O)C2)cn1. The fourth-order valence-electron chi connectivity index (χ4n) is 2.80. The number of carbonyl (C=O) groups excluding carboxylic acids is 1. The second-order valence-corrected chi connectivity index (χ2v) is 6.23. The maximum Gasteiger partial charge on any atom is 0.251 e. The summed E-state index contributed by atoms with van der Waals surface area (Å²) in [6.07, 6.45) is 4.78. The third-order valence-corrected chi connectivity index (χ3v) is 4.35. The number of aryl methyl sites for hydroxylation is 1. The van der Waals surface area contributed by atoms with Crippen LogP contribution in [0, 0.1) is 5.92 Å². The third-order valence-electron chi connectivity index (χ3n) is 4.10. The van der Waals surface area contributed by atoms with Gasteiger partial charge in [-0.2, -0.15) is 5.10 Å². The number of carbonyl (C=O) groups is 1. The Balaban J connectivity index is 1.77. The molecule has 2 aromatic rings. The van der Waals surface area contributed by atoms with Gasteiger partial charge >= 0.3 is 0 Å². The van der Waals surface area contributed by atoms with Crippen LogP contribution in [0.3, 0.4) is 0 Å². The summed E-state index contributed by atoms with van der Waals surface area (Å²) in [4.78, 5) is 12.4. The van der Waals surface area contributed by atoms with Gasteiger partial charge in [0.15, 0.2) is 0 Å². The lowest BCUT2D eigenvalue weighted by atomic mass is 9.75. The minimum atomic E-state index is -0.267. The summed E-state index contributed by atoms with van der Waals surface area (Å²) < 4.78 is 1.71. The first-order chi connectivity index (χ1) is 10.5. The molecule has 1 atom stereocenters. The highest BCUT2D eigenvalue weighted by Gasteiger charge is 2.36. The number of aromatic nitrogens is 2. The molecule has 1 heterocycles. The van der Waals surface area contributed by atoms with Crippen LogP contribution in [0.25, 0.3) is 0 Å². The summed E-state index contributed by atoms with van der Waals surface area (Å²) in [5.41, 5.74) is 1.53. The molecule has 1 aliphatic carbocycles. The van der Waals surface area contributed by atoms with E-state index >= 15 is 0 Å². The number of halogens is 1. The average Bonchev–Trinajstić information content (AvgIpc) is 2.89. The van der Waals surface area contributed by atoms with Crippen LogP contribution in [0.1, 0.15) is 34.8 Å². The van der Waals surface area contributed by atoms with Gasteiger partial charge in [-0.3, -0.25) is 9.48 Å². The molecule has 1 amide bonds. The van der Waals surface area contributed by atoms with Crippen molar-refractivity contribution >= 4 is 17.5 Å². The molecule has 1 aromatic carbocycles. The zero-order valence-electron chi connectivity index (χ0n) is 12.2. The molecule has 1 aliphatic rings. The zero-order valence-corrected chi connectivity index (χ0v) is 13.0. The van der Waals surface area contributed by atoms with Crippen molar-refractivity contribution in [2.24, 2.45) is 13.0 Å². The third kappa shape index (κ3) is 3.15. The maximum atomic E-state index is 12.4. The maximum absolute atomic E-state index is 12.4. The van der Waals surface area contributed by atoms with Gasteiger partial charge in [-0.1, -0.05) is 11.6 Å². The van der Waals surface area contributed by atoms with Crippen molar-refractivity contribution in [3.63, 3.8) is 0 Å². The second-order valence-electron chi connectivity index (χ2n) is 5.79. The van der Waals surface area contributed by atoms with Crippen molar-refractivity contribution < 1.29 is 9.90 Å². The highest BCUT2D eigenvalue weighted by atomic mass is 35.5. The Morgan fingerprint density at radius 1 is 1.41 bits per heavy atom. The van der Waals surface area contributed by atoms with Crippen LogP contribution in [-0.2, 0) is 7.05 Å². The van der Waals surface area contributed by atoms with Crippen LogP contribution < -0.4 is 5.32 Å². The normalized spacial score (nSPS) is 22.0. The van der Waals surface area contributed by atoms with Crippen LogP contribution in [0.15, 0.2) is 36.7 Å². The molecule has 2 N–H and O–H groups in total. The molecular formula is C16H18ClN3O2. The Morgan fingerprint density at radius 3 is 2.64 bits per heavy atom. The van der Waals surface area contributed by atoms with E-state index in [1.165, 1.54) is 0 Å². The molecule has 1 aromatic heterocycles.